The van der Waals surface area contributed by atoms with Crippen LogP contribution in [0.4, 0.5) is 11.5 Å². The van der Waals surface area contributed by atoms with Crippen molar-refractivity contribution in [3.63, 3.8) is 0 Å². The first kappa shape index (κ1) is 22.5. The standard InChI is InChI=1S/C26H29ClN6O/c1-31(19-9-3-4-13-32(15-19)17-28)25-20-12-14-33(16-22(20)29-26(30-25)34-2)23-11-6-8-18-7-5-10-21(27)24(18)23/h5-8,10-11,19H,3-4,9,12-16H2,1-2H3. The van der Waals surface area contributed by atoms with Crippen LogP contribution in [0.25, 0.3) is 10.8 Å². The monoisotopic (exact) mass is 476 g/mol. The minimum absolute atomic E-state index is 0.223. The molecule has 0 bridgehead atoms. The summed E-state index contributed by atoms with van der Waals surface area (Å²) in [5.74, 6) is 0.919. The zero-order valence-electron chi connectivity index (χ0n) is 19.7. The number of nitrogens with zero attached hydrogens (tertiary/aromatic N) is 6. The van der Waals surface area contributed by atoms with Crippen LogP contribution in [0.2, 0.25) is 5.02 Å². The minimum atomic E-state index is 0.223. The molecule has 2 aromatic carbocycles. The van der Waals surface area contributed by atoms with E-state index in [-0.39, 0.29) is 6.04 Å². The molecule has 7 nitrogen and oxygen atoms in total. The first-order valence-electron chi connectivity index (χ1n) is 11.8. The van der Waals surface area contributed by atoms with Gasteiger partial charge in [0.05, 0.1) is 24.4 Å². The number of hydrogen-bond donors (Lipinski definition) is 0. The molecule has 1 fully saturated rings. The summed E-state index contributed by atoms with van der Waals surface area (Å²) in [6, 6.07) is 12.9. The van der Waals surface area contributed by atoms with Crippen molar-refractivity contribution in [2.45, 2.75) is 38.3 Å². The number of halogens is 1. The first-order valence-corrected chi connectivity index (χ1v) is 12.2. The molecule has 0 spiro atoms. The van der Waals surface area contributed by atoms with Gasteiger partial charge in [0.2, 0.25) is 0 Å². The molecule has 1 aromatic heterocycles. The van der Waals surface area contributed by atoms with Crippen LogP contribution in [-0.4, -0.2) is 54.7 Å². The normalized spacial score (nSPS) is 18.2. The molecule has 2 aliphatic heterocycles. The van der Waals surface area contributed by atoms with Gasteiger partial charge in [-0.3, -0.25) is 0 Å². The highest BCUT2D eigenvalue weighted by Gasteiger charge is 2.29. The Labute approximate surface area is 205 Å². The Bertz CT molecular complexity index is 1240. The molecule has 1 unspecified atom stereocenters. The zero-order chi connectivity index (χ0) is 23.7. The second-order valence-electron chi connectivity index (χ2n) is 9.05. The molecule has 5 rings (SSSR count). The molecular weight excluding hydrogens is 448 g/mol. The Morgan fingerprint density at radius 1 is 1.15 bits per heavy atom. The van der Waals surface area contributed by atoms with Crippen LogP contribution < -0.4 is 14.5 Å². The predicted octanol–water partition coefficient (Wildman–Crippen LogP) is 4.63. The highest BCUT2D eigenvalue weighted by molar-refractivity contribution is 6.36. The molecular formula is C26H29ClN6O. The fraction of sp³-hybridized carbons (Fsp3) is 0.423. The van der Waals surface area contributed by atoms with Crippen molar-refractivity contribution in [3.8, 4) is 12.2 Å². The average molecular weight is 477 g/mol. The molecule has 176 valence electrons. The number of nitriles is 1. The van der Waals surface area contributed by atoms with E-state index < -0.39 is 0 Å². The largest absolute Gasteiger partial charge is 0.467 e. The van der Waals surface area contributed by atoms with Crippen molar-refractivity contribution >= 4 is 33.9 Å². The Balaban J connectivity index is 1.50. The molecule has 3 heterocycles. The van der Waals surface area contributed by atoms with E-state index in [1.165, 1.54) is 5.56 Å². The molecule has 3 aromatic rings. The Morgan fingerprint density at radius 3 is 2.76 bits per heavy atom. The lowest BCUT2D eigenvalue weighted by Gasteiger charge is -2.35. The SMILES string of the molecule is COc1nc2c(c(N(C)C3CCCCN(C#N)C3)n1)CCN(c1cccc3cccc(Cl)c13)C2. The van der Waals surface area contributed by atoms with Gasteiger partial charge in [-0.15, -0.1) is 0 Å². The van der Waals surface area contributed by atoms with E-state index in [9.17, 15) is 5.26 Å². The van der Waals surface area contributed by atoms with Gasteiger partial charge in [0.1, 0.15) is 5.82 Å². The van der Waals surface area contributed by atoms with E-state index in [2.05, 4.69) is 47.3 Å². The number of likely N-dealkylation sites (tertiary alicyclic amines) is 1. The summed E-state index contributed by atoms with van der Waals surface area (Å²) >= 11 is 6.61. The molecule has 0 amide bonds. The van der Waals surface area contributed by atoms with Crippen molar-refractivity contribution < 1.29 is 4.74 Å². The van der Waals surface area contributed by atoms with Gasteiger partial charge in [-0.2, -0.15) is 15.2 Å². The van der Waals surface area contributed by atoms with Crippen LogP contribution in [0.5, 0.6) is 6.01 Å². The van der Waals surface area contributed by atoms with Crippen LogP contribution in [-0.2, 0) is 13.0 Å². The molecule has 1 atom stereocenters. The van der Waals surface area contributed by atoms with Gasteiger partial charge in [0.25, 0.3) is 0 Å². The number of likely N-dealkylation sites (N-methyl/N-ethyl adjacent to an activating group) is 1. The lowest BCUT2D eigenvalue weighted by atomic mass is 10.0. The van der Waals surface area contributed by atoms with E-state index in [0.717, 1.165) is 71.8 Å². The third kappa shape index (κ3) is 4.19. The van der Waals surface area contributed by atoms with E-state index in [1.54, 1.807) is 7.11 Å². The van der Waals surface area contributed by atoms with Gasteiger partial charge in [0, 0.05) is 49.4 Å². The van der Waals surface area contributed by atoms with Crippen molar-refractivity contribution in [1.82, 2.24) is 14.9 Å². The number of aromatic nitrogens is 2. The number of ether oxygens (including phenoxy) is 1. The van der Waals surface area contributed by atoms with E-state index in [0.29, 0.717) is 19.1 Å². The van der Waals surface area contributed by atoms with Crippen LogP contribution in [0.1, 0.15) is 30.5 Å². The summed E-state index contributed by atoms with van der Waals surface area (Å²) in [5, 5.41) is 12.5. The molecule has 34 heavy (non-hydrogen) atoms. The summed E-state index contributed by atoms with van der Waals surface area (Å²) in [4.78, 5) is 16.0. The van der Waals surface area contributed by atoms with E-state index in [4.69, 9.17) is 26.3 Å². The maximum Gasteiger partial charge on any atom is 0.318 e. The van der Waals surface area contributed by atoms with Crippen LogP contribution >= 0.6 is 11.6 Å². The lowest BCUT2D eigenvalue weighted by Crippen LogP contribution is -2.41. The fourth-order valence-electron chi connectivity index (χ4n) is 5.22. The molecule has 0 N–H and O–H groups in total. The first-order chi connectivity index (χ1) is 16.6. The third-order valence-electron chi connectivity index (χ3n) is 7.05. The topological polar surface area (TPSA) is 68.5 Å². The predicted molar refractivity (Wildman–Crippen MR) is 136 cm³/mol. The van der Waals surface area contributed by atoms with Crippen molar-refractivity contribution in [2.75, 3.05) is 43.6 Å². The van der Waals surface area contributed by atoms with Gasteiger partial charge in [-0.1, -0.05) is 35.9 Å². The zero-order valence-corrected chi connectivity index (χ0v) is 20.4. The molecule has 0 radical (unpaired) electrons. The summed E-state index contributed by atoms with van der Waals surface area (Å²) < 4.78 is 5.50. The number of methoxy groups -OCH3 is 1. The summed E-state index contributed by atoms with van der Waals surface area (Å²) in [6.07, 6.45) is 6.36. The van der Waals surface area contributed by atoms with Gasteiger partial charge < -0.3 is 19.4 Å². The van der Waals surface area contributed by atoms with Crippen molar-refractivity contribution in [3.05, 3.63) is 52.7 Å². The molecule has 0 saturated carbocycles. The molecule has 8 heteroatoms. The number of anilines is 2. The van der Waals surface area contributed by atoms with Crippen LogP contribution in [0.3, 0.4) is 0 Å². The number of rotatable bonds is 4. The Kier molecular flexibility index (Phi) is 6.34. The molecule has 0 aliphatic carbocycles. The van der Waals surface area contributed by atoms with Crippen LogP contribution in [0.15, 0.2) is 36.4 Å². The highest BCUT2D eigenvalue weighted by atomic mass is 35.5. The molecule has 1 saturated heterocycles. The lowest BCUT2D eigenvalue weighted by molar-refractivity contribution is 0.370. The van der Waals surface area contributed by atoms with Gasteiger partial charge in [0.15, 0.2) is 6.19 Å². The smallest absolute Gasteiger partial charge is 0.318 e. The van der Waals surface area contributed by atoms with Gasteiger partial charge in [-0.25, -0.2) is 0 Å². The maximum atomic E-state index is 9.49. The van der Waals surface area contributed by atoms with Gasteiger partial charge >= 0.3 is 6.01 Å². The second-order valence-corrected chi connectivity index (χ2v) is 9.46. The summed E-state index contributed by atoms with van der Waals surface area (Å²) in [6.45, 7) is 3.06. The molecule has 2 aliphatic rings. The van der Waals surface area contributed by atoms with E-state index >= 15 is 0 Å². The summed E-state index contributed by atoms with van der Waals surface area (Å²) in [5.41, 5.74) is 3.27. The maximum absolute atomic E-state index is 9.49. The number of hydrogen-bond acceptors (Lipinski definition) is 7. The van der Waals surface area contributed by atoms with E-state index in [1.807, 2.05) is 17.0 Å². The Morgan fingerprint density at radius 2 is 1.97 bits per heavy atom. The highest BCUT2D eigenvalue weighted by Crippen LogP contribution is 2.37. The second kappa shape index (κ2) is 9.55. The summed E-state index contributed by atoms with van der Waals surface area (Å²) in [7, 11) is 3.70. The van der Waals surface area contributed by atoms with Crippen LogP contribution in [0, 0.1) is 11.5 Å². The third-order valence-corrected chi connectivity index (χ3v) is 7.36. The van der Waals surface area contributed by atoms with Crippen molar-refractivity contribution in [2.24, 2.45) is 0 Å². The fourth-order valence-corrected chi connectivity index (χ4v) is 5.50. The average Bonchev–Trinajstić information content (AvgIpc) is 3.13. The Hall–Kier alpha value is -3.24. The van der Waals surface area contributed by atoms with Gasteiger partial charge in [-0.05, 0) is 43.2 Å². The number of fused-ring (bicyclic) bond motifs is 2. The number of benzene rings is 2. The quantitative estimate of drug-likeness (QED) is 0.508. The van der Waals surface area contributed by atoms with Crippen molar-refractivity contribution in [1.29, 1.82) is 5.26 Å². The minimum Gasteiger partial charge on any atom is -0.467 e.